The highest BCUT2D eigenvalue weighted by atomic mass is 32.2. The molecule has 0 amide bonds. The lowest BCUT2D eigenvalue weighted by Crippen LogP contribution is -2.34. The van der Waals surface area contributed by atoms with Crippen LogP contribution in [0.25, 0.3) is 0 Å². The molecular formula is C19H25N3O5S. The Morgan fingerprint density at radius 1 is 1.25 bits per heavy atom. The molecule has 1 aliphatic heterocycles. The van der Waals surface area contributed by atoms with Crippen LogP contribution in [-0.2, 0) is 14.3 Å². The fourth-order valence-corrected chi connectivity index (χ4v) is 3.63. The molecule has 0 aliphatic carbocycles. The van der Waals surface area contributed by atoms with Crippen LogP contribution in [0.15, 0.2) is 17.1 Å². The summed E-state index contributed by atoms with van der Waals surface area (Å²) in [6.07, 6.45) is 1.45. The highest BCUT2D eigenvalue weighted by molar-refractivity contribution is 8.11. The Labute approximate surface area is 169 Å². The fourth-order valence-electron chi connectivity index (χ4n) is 2.81. The van der Waals surface area contributed by atoms with Crippen LogP contribution in [0.2, 0.25) is 0 Å². The van der Waals surface area contributed by atoms with E-state index >= 15 is 0 Å². The number of methoxy groups -OCH3 is 3. The number of ether oxygens (including phenoxy) is 4. The molecule has 0 radical (unpaired) electrons. The first kappa shape index (κ1) is 21.9. The van der Waals surface area contributed by atoms with Crippen molar-refractivity contribution in [1.82, 2.24) is 4.31 Å². The minimum absolute atomic E-state index is 0.0595. The molecule has 1 aromatic carbocycles. The summed E-state index contributed by atoms with van der Waals surface area (Å²) in [6.45, 7) is 3.65. The van der Waals surface area contributed by atoms with E-state index in [9.17, 15) is 10.1 Å². The number of piperidine rings is 1. The largest absolute Gasteiger partial charge is 0.493 e. The van der Waals surface area contributed by atoms with Crippen molar-refractivity contribution >= 4 is 28.8 Å². The van der Waals surface area contributed by atoms with Crippen molar-refractivity contribution in [3.8, 4) is 17.6 Å². The second-order valence-corrected chi connectivity index (χ2v) is 7.01. The Balaban J connectivity index is 2.11. The fraction of sp³-hybridized carbons (Fsp3) is 0.526. The summed E-state index contributed by atoms with van der Waals surface area (Å²) in [4.78, 5) is 16.3. The summed E-state index contributed by atoms with van der Waals surface area (Å²) in [5, 5.41) is 9.82. The van der Waals surface area contributed by atoms with Gasteiger partial charge < -0.3 is 18.9 Å². The number of hydrogen-bond donors (Lipinski definition) is 0. The molecule has 0 bridgehead atoms. The number of nitrogens with zero attached hydrogens (tertiary/aromatic N) is 3. The number of esters is 1. The van der Waals surface area contributed by atoms with E-state index in [-0.39, 0.29) is 11.9 Å². The molecule has 1 saturated heterocycles. The van der Waals surface area contributed by atoms with Crippen LogP contribution in [0.3, 0.4) is 0 Å². The lowest BCUT2D eigenvalue weighted by atomic mass is 9.98. The van der Waals surface area contributed by atoms with Crippen molar-refractivity contribution in [1.29, 1.82) is 5.26 Å². The number of nitriles is 1. The highest BCUT2D eigenvalue weighted by Gasteiger charge is 2.27. The van der Waals surface area contributed by atoms with Gasteiger partial charge in [-0.15, -0.1) is 0 Å². The quantitative estimate of drug-likeness (QED) is 0.307. The molecular weight excluding hydrogens is 382 g/mol. The zero-order valence-electron chi connectivity index (χ0n) is 16.6. The van der Waals surface area contributed by atoms with Gasteiger partial charge in [-0.25, -0.2) is 9.30 Å². The molecule has 1 aliphatic rings. The third kappa shape index (κ3) is 5.53. The Kier molecular flexibility index (Phi) is 8.42. The zero-order valence-corrected chi connectivity index (χ0v) is 17.4. The maximum Gasteiger partial charge on any atom is 0.309 e. The third-order valence-corrected chi connectivity index (χ3v) is 5.33. The standard InChI is InChI=1S/C19H25N3O5S/c1-5-27-18(23)13-6-8-22(9-7-13)28-19(26-4)21-15-11-17(25-3)16(24-2)10-14(15)12-20/h10-11,13H,5-9H2,1-4H3. The number of hydrogen-bond acceptors (Lipinski definition) is 9. The highest BCUT2D eigenvalue weighted by Crippen LogP contribution is 2.35. The van der Waals surface area contributed by atoms with Gasteiger partial charge in [-0.1, -0.05) is 0 Å². The minimum atomic E-state index is -0.128. The first-order valence-corrected chi connectivity index (χ1v) is 9.71. The van der Waals surface area contributed by atoms with E-state index in [1.807, 2.05) is 6.92 Å². The molecule has 0 aromatic heterocycles. The van der Waals surface area contributed by atoms with Gasteiger partial charge in [0.05, 0.1) is 45.1 Å². The SMILES string of the molecule is CCOC(=O)C1CCN(SC(=Nc2cc(OC)c(OC)cc2C#N)OC)CC1. The molecule has 0 saturated carbocycles. The Bertz CT molecular complexity index is 755. The molecule has 28 heavy (non-hydrogen) atoms. The van der Waals surface area contributed by atoms with Crippen molar-refractivity contribution in [2.45, 2.75) is 19.8 Å². The predicted molar refractivity (Wildman–Crippen MR) is 107 cm³/mol. The molecule has 0 N–H and O–H groups in total. The van der Waals surface area contributed by atoms with Crippen LogP contribution in [0.1, 0.15) is 25.3 Å². The maximum absolute atomic E-state index is 11.9. The van der Waals surface area contributed by atoms with Gasteiger partial charge in [-0.05, 0) is 19.8 Å². The van der Waals surface area contributed by atoms with Crippen molar-refractivity contribution < 1.29 is 23.7 Å². The van der Waals surface area contributed by atoms with Gasteiger partial charge in [0.25, 0.3) is 5.23 Å². The number of benzene rings is 1. The van der Waals surface area contributed by atoms with Crippen molar-refractivity contribution in [3.05, 3.63) is 17.7 Å². The normalized spacial score (nSPS) is 15.6. The summed E-state index contributed by atoms with van der Waals surface area (Å²) in [7, 11) is 4.57. The first-order chi connectivity index (χ1) is 13.6. The number of carbonyl (C=O) groups is 1. The van der Waals surface area contributed by atoms with Gasteiger partial charge in [-0.3, -0.25) is 4.79 Å². The van der Waals surface area contributed by atoms with E-state index in [1.165, 1.54) is 33.3 Å². The Morgan fingerprint density at radius 2 is 1.89 bits per heavy atom. The molecule has 9 heteroatoms. The average Bonchev–Trinajstić information content (AvgIpc) is 2.73. The first-order valence-electron chi connectivity index (χ1n) is 8.94. The van der Waals surface area contributed by atoms with Crippen LogP contribution >= 0.6 is 11.9 Å². The molecule has 152 valence electrons. The smallest absolute Gasteiger partial charge is 0.309 e. The summed E-state index contributed by atoms with van der Waals surface area (Å²) < 4.78 is 23.1. The number of aliphatic imine (C=N–C) groups is 1. The summed E-state index contributed by atoms with van der Waals surface area (Å²) in [6, 6.07) is 5.34. The lowest BCUT2D eigenvalue weighted by Gasteiger charge is -2.29. The Hall–Kier alpha value is -2.44. The molecule has 1 fully saturated rings. The van der Waals surface area contributed by atoms with Gasteiger partial charge in [0.1, 0.15) is 6.07 Å². The van der Waals surface area contributed by atoms with E-state index in [2.05, 4.69) is 15.4 Å². The number of carbonyl (C=O) groups excluding carboxylic acids is 1. The minimum Gasteiger partial charge on any atom is -0.493 e. The van der Waals surface area contributed by atoms with Gasteiger partial charge in [-0.2, -0.15) is 5.26 Å². The van der Waals surface area contributed by atoms with Crippen LogP contribution < -0.4 is 9.47 Å². The van der Waals surface area contributed by atoms with Gasteiger partial charge in [0.2, 0.25) is 0 Å². The summed E-state index contributed by atoms with van der Waals surface area (Å²) >= 11 is 1.36. The van der Waals surface area contributed by atoms with Crippen molar-refractivity contribution in [2.75, 3.05) is 41.0 Å². The van der Waals surface area contributed by atoms with Crippen molar-refractivity contribution in [3.63, 3.8) is 0 Å². The molecule has 1 aromatic rings. The van der Waals surface area contributed by atoms with E-state index < -0.39 is 0 Å². The monoisotopic (exact) mass is 407 g/mol. The molecule has 0 atom stereocenters. The lowest BCUT2D eigenvalue weighted by molar-refractivity contribution is -0.149. The van der Waals surface area contributed by atoms with Gasteiger partial charge in [0.15, 0.2) is 11.5 Å². The molecule has 0 unspecified atom stereocenters. The second kappa shape index (κ2) is 10.8. The third-order valence-electron chi connectivity index (χ3n) is 4.29. The van der Waals surface area contributed by atoms with Gasteiger partial charge in [0, 0.05) is 37.2 Å². The molecule has 1 heterocycles. The van der Waals surface area contributed by atoms with Crippen LogP contribution in [0, 0.1) is 17.2 Å². The topological polar surface area (TPSA) is 93.4 Å². The maximum atomic E-state index is 11.9. The molecule has 2 rings (SSSR count). The predicted octanol–water partition coefficient (Wildman–Crippen LogP) is 3.13. The zero-order chi connectivity index (χ0) is 20.5. The molecule has 0 spiro atoms. The van der Waals surface area contributed by atoms with E-state index in [4.69, 9.17) is 18.9 Å². The molecule has 8 nitrogen and oxygen atoms in total. The van der Waals surface area contributed by atoms with Crippen molar-refractivity contribution in [2.24, 2.45) is 10.9 Å². The summed E-state index contributed by atoms with van der Waals surface area (Å²) in [5.74, 6) is 0.758. The number of rotatable bonds is 6. The van der Waals surface area contributed by atoms with E-state index in [0.717, 1.165) is 12.8 Å². The van der Waals surface area contributed by atoms with Crippen LogP contribution in [0.5, 0.6) is 11.5 Å². The summed E-state index contributed by atoms with van der Waals surface area (Å²) in [5.41, 5.74) is 0.791. The van der Waals surface area contributed by atoms with Crippen LogP contribution in [0.4, 0.5) is 5.69 Å². The van der Waals surface area contributed by atoms with Gasteiger partial charge >= 0.3 is 5.97 Å². The second-order valence-electron chi connectivity index (χ2n) is 5.96. The van der Waals surface area contributed by atoms with Crippen LogP contribution in [-0.4, -0.2) is 56.5 Å². The average molecular weight is 407 g/mol. The van der Waals surface area contributed by atoms with E-state index in [0.29, 0.717) is 47.7 Å². The van der Waals surface area contributed by atoms with E-state index in [1.54, 1.807) is 12.1 Å². The Morgan fingerprint density at radius 3 is 2.43 bits per heavy atom.